The molecule has 3 rings (SSSR count). The van der Waals surface area contributed by atoms with Gasteiger partial charge < -0.3 is 9.88 Å². The van der Waals surface area contributed by atoms with Crippen molar-refractivity contribution in [2.45, 2.75) is 25.4 Å². The van der Waals surface area contributed by atoms with Crippen molar-refractivity contribution in [3.05, 3.63) is 36.5 Å². The lowest BCUT2D eigenvalue weighted by Gasteiger charge is -2.22. The van der Waals surface area contributed by atoms with Crippen molar-refractivity contribution < 1.29 is 13.2 Å². The number of aromatic nitrogens is 1. The fraction of sp³-hybridized carbons (Fsp3) is 0.500. The quantitative estimate of drug-likeness (QED) is 0.752. The molecule has 0 saturated carbocycles. The minimum atomic E-state index is -2.92. The number of sulfone groups is 1. The van der Waals surface area contributed by atoms with Crippen LogP contribution in [-0.2, 0) is 21.2 Å². The lowest BCUT2D eigenvalue weighted by Crippen LogP contribution is -2.41. The number of fused-ring (bicyclic) bond motifs is 1. The largest absolute Gasteiger partial charge is 0.355 e. The Morgan fingerprint density at radius 3 is 2.88 bits per heavy atom. The van der Waals surface area contributed by atoms with Crippen LogP contribution in [0.3, 0.4) is 0 Å². The molecule has 1 unspecified atom stereocenters. The third kappa shape index (κ3) is 4.61. The number of likely N-dealkylation sites (N-methyl/N-ethyl adjacent to an activating group) is 1. The van der Waals surface area contributed by atoms with Gasteiger partial charge in [-0.2, -0.15) is 0 Å². The molecule has 136 valence electrons. The summed E-state index contributed by atoms with van der Waals surface area (Å²) in [6, 6.07) is 10.3. The van der Waals surface area contributed by atoms with Gasteiger partial charge in [0.2, 0.25) is 5.91 Å². The Kier molecular flexibility index (Phi) is 5.44. The molecule has 1 N–H and O–H groups in total. The van der Waals surface area contributed by atoms with E-state index in [0.29, 0.717) is 13.0 Å². The summed E-state index contributed by atoms with van der Waals surface area (Å²) in [7, 11) is -1.10. The number of benzene rings is 1. The van der Waals surface area contributed by atoms with Crippen molar-refractivity contribution >= 4 is 26.6 Å². The van der Waals surface area contributed by atoms with Gasteiger partial charge in [-0.15, -0.1) is 0 Å². The van der Waals surface area contributed by atoms with Gasteiger partial charge in [0.05, 0.1) is 18.1 Å². The molecule has 1 saturated heterocycles. The van der Waals surface area contributed by atoms with Crippen LogP contribution in [0.2, 0.25) is 0 Å². The van der Waals surface area contributed by atoms with Gasteiger partial charge in [-0.3, -0.25) is 9.69 Å². The van der Waals surface area contributed by atoms with Gasteiger partial charge in [-0.25, -0.2) is 8.42 Å². The minimum Gasteiger partial charge on any atom is -0.355 e. The summed E-state index contributed by atoms with van der Waals surface area (Å²) in [5, 5.41) is 4.15. The van der Waals surface area contributed by atoms with Crippen molar-refractivity contribution in [2.24, 2.45) is 0 Å². The zero-order valence-corrected chi connectivity index (χ0v) is 15.3. The van der Waals surface area contributed by atoms with Gasteiger partial charge in [0.1, 0.15) is 0 Å². The van der Waals surface area contributed by atoms with Crippen molar-refractivity contribution in [3.8, 4) is 0 Å². The monoisotopic (exact) mass is 363 g/mol. The molecule has 0 radical (unpaired) electrons. The maximum atomic E-state index is 12.0. The van der Waals surface area contributed by atoms with E-state index in [4.69, 9.17) is 0 Å². The molecule has 2 heterocycles. The maximum absolute atomic E-state index is 12.0. The highest BCUT2D eigenvalue weighted by Crippen LogP contribution is 2.16. The fourth-order valence-electron chi connectivity index (χ4n) is 3.35. The van der Waals surface area contributed by atoms with Gasteiger partial charge in [0.25, 0.3) is 0 Å². The van der Waals surface area contributed by atoms with Crippen LogP contribution in [-0.4, -0.2) is 61.5 Å². The van der Waals surface area contributed by atoms with Gasteiger partial charge in [0.15, 0.2) is 9.84 Å². The maximum Gasteiger partial charge on any atom is 0.234 e. The van der Waals surface area contributed by atoms with E-state index in [1.54, 1.807) is 0 Å². The molecule has 2 aromatic rings. The molecular weight excluding hydrogens is 338 g/mol. The summed E-state index contributed by atoms with van der Waals surface area (Å²) >= 11 is 0. The number of rotatable bonds is 7. The standard InChI is InChI=1S/C18H25N3O3S/c1-20(16-8-12-25(23,24)14-16)13-18(22)19-9-4-10-21-11-7-15-5-2-3-6-17(15)21/h2-3,5-7,11,16H,4,8-10,12-14H2,1H3,(H,19,22). The van der Waals surface area contributed by atoms with Crippen LogP contribution in [0.25, 0.3) is 10.9 Å². The van der Waals surface area contributed by atoms with Gasteiger partial charge in [-0.05, 0) is 37.4 Å². The third-order valence-corrected chi connectivity index (χ3v) is 6.55. The second kappa shape index (κ2) is 7.58. The Morgan fingerprint density at radius 2 is 2.12 bits per heavy atom. The first-order chi connectivity index (χ1) is 11.9. The summed E-state index contributed by atoms with van der Waals surface area (Å²) in [6.45, 7) is 1.71. The SMILES string of the molecule is CN(CC(=O)NCCCn1ccc2ccccc21)C1CCS(=O)(=O)C1. The second-order valence-electron chi connectivity index (χ2n) is 6.74. The number of carbonyl (C=O) groups is 1. The Morgan fingerprint density at radius 1 is 1.32 bits per heavy atom. The number of nitrogens with one attached hydrogen (secondary N) is 1. The molecule has 1 amide bonds. The number of amides is 1. The van der Waals surface area contributed by atoms with E-state index in [2.05, 4.69) is 34.3 Å². The van der Waals surface area contributed by atoms with E-state index in [1.807, 2.05) is 24.1 Å². The van der Waals surface area contributed by atoms with Crippen molar-refractivity contribution in [2.75, 3.05) is 31.6 Å². The Balaban J connectivity index is 1.39. The molecule has 0 bridgehead atoms. The molecule has 0 spiro atoms. The molecule has 6 nitrogen and oxygen atoms in total. The number of hydrogen-bond acceptors (Lipinski definition) is 4. The first-order valence-corrected chi connectivity index (χ1v) is 10.5. The van der Waals surface area contributed by atoms with Crippen LogP contribution in [0.15, 0.2) is 36.5 Å². The summed E-state index contributed by atoms with van der Waals surface area (Å²) in [4.78, 5) is 13.9. The van der Waals surface area contributed by atoms with E-state index < -0.39 is 9.84 Å². The topological polar surface area (TPSA) is 71.4 Å². The van der Waals surface area contributed by atoms with Gasteiger partial charge >= 0.3 is 0 Å². The highest BCUT2D eigenvalue weighted by Gasteiger charge is 2.31. The molecular formula is C18H25N3O3S. The molecule has 1 atom stereocenters. The predicted octanol–water partition coefficient (Wildman–Crippen LogP) is 1.27. The summed E-state index contributed by atoms with van der Waals surface area (Å²) < 4.78 is 25.2. The number of aryl methyl sites for hydroxylation is 1. The van der Waals surface area contributed by atoms with E-state index in [0.717, 1.165) is 13.0 Å². The van der Waals surface area contributed by atoms with Crippen molar-refractivity contribution in [3.63, 3.8) is 0 Å². The lowest BCUT2D eigenvalue weighted by molar-refractivity contribution is -0.122. The number of hydrogen-bond donors (Lipinski definition) is 1. The molecule has 1 aliphatic heterocycles. The summed E-state index contributed by atoms with van der Waals surface area (Å²) in [5.41, 5.74) is 1.20. The zero-order chi connectivity index (χ0) is 17.9. The third-order valence-electron chi connectivity index (χ3n) is 4.80. The van der Waals surface area contributed by atoms with Gasteiger partial charge in [0, 0.05) is 30.8 Å². The van der Waals surface area contributed by atoms with E-state index in [-0.39, 0.29) is 30.0 Å². The number of para-hydroxylation sites is 1. The Bertz CT molecular complexity index is 844. The van der Waals surface area contributed by atoms with Crippen LogP contribution >= 0.6 is 0 Å². The van der Waals surface area contributed by atoms with Crippen LogP contribution in [0.4, 0.5) is 0 Å². The normalized spacial score (nSPS) is 19.5. The number of nitrogens with zero attached hydrogens (tertiary/aromatic N) is 2. The van der Waals surface area contributed by atoms with Crippen molar-refractivity contribution in [1.29, 1.82) is 0 Å². The molecule has 1 fully saturated rings. The first kappa shape index (κ1) is 17.9. The Hall–Kier alpha value is -1.86. The predicted molar refractivity (Wildman–Crippen MR) is 99.3 cm³/mol. The highest BCUT2D eigenvalue weighted by atomic mass is 32.2. The molecule has 1 aromatic heterocycles. The smallest absolute Gasteiger partial charge is 0.234 e. The minimum absolute atomic E-state index is 0.0398. The second-order valence-corrected chi connectivity index (χ2v) is 8.97. The fourth-order valence-corrected chi connectivity index (χ4v) is 5.15. The molecule has 25 heavy (non-hydrogen) atoms. The zero-order valence-electron chi connectivity index (χ0n) is 14.5. The van der Waals surface area contributed by atoms with E-state index in [1.165, 1.54) is 10.9 Å². The molecule has 1 aliphatic rings. The van der Waals surface area contributed by atoms with Gasteiger partial charge in [-0.1, -0.05) is 18.2 Å². The molecule has 0 aliphatic carbocycles. The first-order valence-electron chi connectivity index (χ1n) is 8.66. The van der Waals surface area contributed by atoms with E-state index in [9.17, 15) is 13.2 Å². The average molecular weight is 363 g/mol. The van der Waals surface area contributed by atoms with Crippen molar-refractivity contribution in [1.82, 2.24) is 14.8 Å². The molecule has 1 aromatic carbocycles. The van der Waals surface area contributed by atoms with Crippen LogP contribution in [0.1, 0.15) is 12.8 Å². The summed E-state index contributed by atoms with van der Waals surface area (Å²) in [5.74, 6) is 0.343. The average Bonchev–Trinajstić information content (AvgIpc) is 3.15. The molecule has 7 heteroatoms. The Labute approximate surface area is 148 Å². The van der Waals surface area contributed by atoms with Crippen LogP contribution in [0, 0.1) is 0 Å². The van der Waals surface area contributed by atoms with E-state index >= 15 is 0 Å². The highest BCUT2D eigenvalue weighted by molar-refractivity contribution is 7.91. The van der Waals surface area contributed by atoms with Crippen LogP contribution in [0.5, 0.6) is 0 Å². The summed E-state index contributed by atoms with van der Waals surface area (Å²) in [6.07, 6.45) is 3.54. The van der Waals surface area contributed by atoms with Crippen LogP contribution < -0.4 is 5.32 Å². The number of carbonyl (C=O) groups excluding carboxylic acids is 1. The lowest BCUT2D eigenvalue weighted by atomic mass is 10.2.